The number of anilines is 1. The van der Waals surface area contributed by atoms with Crippen molar-refractivity contribution in [1.29, 1.82) is 0 Å². The van der Waals surface area contributed by atoms with E-state index in [1.807, 2.05) is 12.1 Å². The number of thiocarbonyl (C=S) groups is 1. The van der Waals surface area contributed by atoms with Crippen molar-refractivity contribution in [1.82, 2.24) is 5.43 Å². The zero-order valence-electron chi connectivity index (χ0n) is 10.1. The molecule has 0 atom stereocenters. The monoisotopic (exact) mass is 260 g/mol. The van der Waals surface area contributed by atoms with E-state index in [-0.39, 0.29) is 5.11 Å². The van der Waals surface area contributed by atoms with E-state index >= 15 is 0 Å². The van der Waals surface area contributed by atoms with Crippen LogP contribution in [0.3, 0.4) is 0 Å². The quantitative estimate of drug-likeness (QED) is 0.372. The summed E-state index contributed by atoms with van der Waals surface area (Å²) in [5, 5.41) is 4.12. The van der Waals surface area contributed by atoms with E-state index in [2.05, 4.69) is 46.4 Å². The van der Waals surface area contributed by atoms with E-state index in [9.17, 15) is 0 Å². The van der Waals surface area contributed by atoms with Crippen LogP contribution in [0.2, 0.25) is 0 Å². The van der Waals surface area contributed by atoms with Crippen LogP contribution in [0.4, 0.5) is 5.69 Å². The van der Waals surface area contributed by atoms with Crippen molar-refractivity contribution in [2.24, 2.45) is 10.8 Å². The fourth-order valence-electron chi connectivity index (χ4n) is 2.09. The van der Waals surface area contributed by atoms with Gasteiger partial charge in [-0.15, -0.1) is 6.58 Å². The van der Waals surface area contributed by atoms with Crippen molar-refractivity contribution >= 4 is 29.2 Å². The van der Waals surface area contributed by atoms with Crippen molar-refractivity contribution in [3.05, 3.63) is 42.0 Å². The van der Waals surface area contributed by atoms with E-state index in [4.69, 9.17) is 5.73 Å². The summed E-state index contributed by atoms with van der Waals surface area (Å²) < 4.78 is 0. The van der Waals surface area contributed by atoms with Crippen LogP contribution in [0.1, 0.15) is 11.1 Å². The molecule has 0 aromatic heterocycles. The van der Waals surface area contributed by atoms with Crippen LogP contribution in [0, 0.1) is 0 Å². The highest BCUT2D eigenvalue weighted by Gasteiger charge is 2.17. The number of nitrogens with two attached hydrogens (primary N) is 1. The van der Waals surface area contributed by atoms with E-state index < -0.39 is 0 Å². The third-order valence-electron chi connectivity index (χ3n) is 2.83. The van der Waals surface area contributed by atoms with Gasteiger partial charge in [-0.25, -0.2) is 0 Å². The molecule has 1 heterocycles. The average Bonchev–Trinajstić information content (AvgIpc) is 2.72. The molecule has 0 saturated heterocycles. The fourth-order valence-corrected chi connectivity index (χ4v) is 2.14. The second-order valence-electron chi connectivity index (χ2n) is 4.11. The molecule has 5 heteroatoms. The predicted octanol–water partition coefficient (Wildman–Crippen LogP) is 1.40. The molecule has 0 saturated carbocycles. The summed E-state index contributed by atoms with van der Waals surface area (Å²) >= 11 is 4.67. The Kier molecular flexibility index (Phi) is 3.94. The Bertz CT molecular complexity index is 496. The van der Waals surface area contributed by atoms with Gasteiger partial charge in [-0.05, 0) is 41.9 Å². The molecule has 4 nitrogen and oxygen atoms in total. The van der Waals surface area contributed by atoms with Crippen LogP contribution in [-0.2, 0) is 6.42 Å². The highest BCUT2D eigenvalue weighted by molar-refractivity contribution is 7.80. The number of nitrogens with one attached hydrogen (secondary N) is 1. The number of rotatable bonds is 4. The van der Waals surface area contributed by atoms with Crippen molar-refractivity contribution in [3.63, 3.8) is 0 Å². The second kappa shape index (κ2) is 5.64. The molecule has 2 rings (SSSR count). The minimum Gasteiger partial charge on any atom is -0.375 e. The van der Waals surface area contributed by atoms with Crippen molar-refractivity contribution in [2.75, 3.05) is 18.0 Å². The Morgan fingerprint density at radius 3 is 3.17 bits per heavy atom. The van der Waals surface area contributed by atoms with Crippen molar-refractivity contribution < 1.29 is 0 Å². The van der Waals surface area contributed by atoms with Gasteiger partial charge in [0, 0.05) is 18.8 Å². The Labute approximate surface area is 112 Å². The van der Waals surface area contributed by atoms with E-state index in [1.54, 1.807) is 6.21 Å². The number of hydrazone groups is 1. The topological polar surface area (TPSA) is 53.6 Å². The number of fused-ring (bicyclic) bond motifs is 1. The van der Waals surface area contributed by atoms with Gasteiger partial charge in [0.05, 0.1) is 6.21 Å². The maximum Gasteiger partial charge on any atom is 0.184 e. The molecular weight excluding hydrogens is 244 g/mol. The van der Waals surface area contributed by atoms with Crippen molar-refractivity contribution in [2.45, 2.75) is 6.42 Å². The molecule has 1 aromatic carbocycles. The first-order valence-corrected chi connectivity index (χ1v) is 6.19. The van der Waals surface area contributed by atoms with E-state index in [0.717, 1.165) is 25.1 Å². The van der Waals surface area contributed by atoms with Crippen LogP contribution in [0.15, 0.2) is 36.0 Å². The lowest BCUT2D eigenvalue weighted by Crippen LogP contribution is -2.24. The molecular formula is C13H16N4S. The molecule has 1 aliphatic rings. The molecule has 0 spiro atoms. The molecule has 0 amide bonds. The Hall–Kier alpha value is -1.88. The van der Waals surface area contributed by atoms with Crippen LogP contribution in [0.5, 0.6) is 0 Å². The third kappa shape index (κ3) is 2.87. The first-order valence-electron chi connectivity index (χ1n) is 5.78. The summed E-state index contributed by atoms with van der Waals surface area (Å²) in [5.41, 5.74) is 11.5. The summed E-state index contributed by atoms with van der Waals surface area (Å²) in [6, 6.07) is 6.29. The maximum atomic E-state index is 5.29. The third-order valence-corrected chi connectivity index (χ3v) is 2.92. The minimum atomic E-state index is 0.171. The van der Waals surface area contributed by atoms with Gasteiger partial charge >= 0.3 is 0 Å². The molecule has 3 N–H and O–H groups in total. The first kappa shape index (κ1) is 12.6. The zero-order valence-corrected chi connectivity index (χ0v) is 10.9. The SMILES string of the molecule is C=CCN1CCc2cc(C=NNC(N)=S)ccc21. The molecule has 18 heavy (non-hydrogen) atoms. The average molecular weight is 260 g/mol. The van der Waals surface area contributed by atoms with Crippen LogP contribution < -0.4 is 16.1 Å². The number of benzene rings is 1. The zero-order chi connectivity index (χ0) is 13.0. The van der Waals surface area contributed by atoms with Gasteiger partial charge in [0.1, 0.15) is 0 Å². The number of hydrogen-bond donors (Lipinski definition) is 2. The summed E-state index contributed by atoms with van der Waals surface area (Å²) in [4.78, 5) is 2.32. The first-order chi connectivity index (χ1) is 8.70. The molecule has 0 radical (unpaired) electrons. The van der Waals surface area contributed by atoms with Crippen molar-refractivity contribution in [3.8, 4) is 0 Å². The largest absolute Gasteiger partial charge is 0.375 e. The summed E-state index contributed by atoms with van der Waals surface area (Å²) in [5.74, 6) is 0. The summed E-state index contributed by atoms with van der Waals surface area (Å²) in [7, 11) is 0. The Morgan fingerprint density at radius 1 is 1.61 bits per heavy atom. The Morgan fingerprint density at radius 2 is 2.44 bits per heavy atom. The van der Waals surface area contributed by atoms with E-state index in [0.29, 0.717) is 0 Å². The normalized spacial score (nSPS) is 13.7. The van der Waals surface area contributed by atoms with Crippen LogP contribution in [-0.4, -0.2) is 24.4 Å². The lowest BCUT2D eigenvalue weighted by atomic mass is 10.1. The van der Waals surface area contributed by atoms with Gasteiger partial charge in [-0.2, -0.15) is 5.10 Å². The van der Waals surface area contributed by atoms with E-state index in [1.165, 1.54) is 11.3 Å². The number of hydrogen-bond acceptors (Lipinski definition) is 3. The number of nitrogens with zero attached hydrogens (tertiary/aromatic N) is 2. The molecule has 0 bridgehead atoms. The smallest absolute Gasteiger partial charge is 0.184 e. The molecule has 0 unspecified atom stereocenters. The standard InChI is InChI=1S/C13H16N4S/c1-2-6-17-7-5-11-8-10(3-4-12(11)17)9-15-16-13(14)18/h2-4,8-9H,1,5-7H2,(H3,14,16,18). The van der Waals surface area contributed by atoms with Crippen LogP contribution >= 0.6 is 12.2 Å². The summed E-state index contributed by atoms with van der Waals surface area (Å²) in [6.45, 7) is 5.72. The molecule has 1 aliphatic heterocycles. The predicted molar refractivity (Wildman–Crippen MR) is 80.1 cm³/mol. The molecule has 94 valence electrons. The molecule has 1 aromatic rings. The molecule has 0 aliphatic carbocycles. The highest BCUT2D eigenvalue weighted by atomic mass is 32.1. The minimum absolute atomic E-state index is 0.171. The second-order valence-corrected chi connectivity index (χ2v) is 4.55. The van der Waals surface area contributed by atoms with Crippen LogP contribution in [0.25, 0.3) is 0 Å². The molecule has 0 fully saturated rings. The Balaban J connectivity index is 2.11. The van der Waals surface area contributed by atoms with Gasteiger partial charge in [0.15, 0.2) is 5.11 Å². The van der Waals surface area contributed by atoms with Gasteiger partial charge < -0.3 is 10.6 Å². The van der Waals surface area contributed by atoms with Gasteiger partial charge in [0.2, 0.25) is 0 Å². The lowest BCUT2D eigenvalue weighted by molar-refractivity contribution is 0.905. The summed E-state index contributed by atoms with van der Waals surface area (Å²) in [6.07, 6.45) is 4.71. The van der Waals surface area contributed by atoms with Gasteiger partial charge in [-0.3, -0.25) is 5.43 Å². The maximum absolute atomic E-state index is 5.29. The lowest BCUT2D eigenvalue weighted by Gasteiger charge is -2.16. The fraction of sp³-hybridized carbons (Fsp3) is 0.231. The van der Waals surface area contributed by atoms with Gasteiger partial charge in [-0.1, -0.05) is 12.1 Å². The highest BCUT2D eigenvalue weighted by Crippen LogP contribution is 2.28. The van der Waals surface area contributed by atoms with Gasteiger partial charge in [0.25, 0.3) is 0 Å².